The molecule has 2 fully saturated rings. The maximum Gasteiger partial charge on any atom is 0.145 e. The van der Waals surface area contributed by atoms with Crippen molar-refractivity contribution in [2.24, 2.45) is 0 Å². The second-order valence-corrected chi connectivity index (χ2v) is 6.94. The summed E-state index contributed by atoms with van der Waals surface area (Å²) in [6.45, 7) is 0. The van der Waals surface area contributed by atoms with Crippen LogP contribution >= 0.6 is 0 Å². The number of hydrogen-bond donors (Lipinski definition) is 1. The molecule has 1 heterocycles. The normalized spacial score (nSPS) is 22.7. The molecule has 0 atom stereocenters. The first-order valence-electron chi connectivity index (χ1n) is 8.97. The number of nitrogens with zero attached hydrogens (tertiary/aromatic N) is 2. The molecule has 0 spiro atoms. The lowest BCUT2D eigenvalue weighted by Gasteiger charge is -2.24. The third kappa shape index (κ3) is 3.75. The molecule has 0 bridgehead atoms. The minimum Gasteiger partial charge on any atom is -0.382 e. The Balaban J connectivity index is 1.79. The summed E-state index contributed by atoms with van der Waals surface area (Å²) in [5.41, 5.74) is 8.49. The molecule has 0 saturated heterocycles. The summed E-state index contributed by atoms with van der Waals surface area (Å²) >= 11 is 0. The van der Waals surface area contributed by atoms with Crippen molar-refractivity contribution >= 4 is 5.82 Å². The molecule has 0 unspecified atom stereocenters. The molecule has 2 N–H and O–H groups in total. The highest BCUT2D eigenvalue weighted by Crippen LogP contribution is 2.35. The average molecular weight is 287 g/mol. The highest BCUT2D eigenvalue weighted by atomic mass is 14.9. The molecule has 116 valence electrons. The van der Waals surface area contributed by atoms with Gasteiger partial charge in [-0.3, -0.25) is 4.98 Å². The van der Waals surface area contributed by atoms with E-state index >= 15 is 0 Å². The van der Waals surface area contributed by atoms with Gasteiger partial charge in [0, 0.05) is 11.8 Å². The molecular weight excluding hydrogens is 258 g/mol. The van der Waals surface area contributed by atoms with E-state index in [2.05, 4.69) is 4.98 Å². The number of hydrogen-bond acceptors (Lipinski definition) is 3. The van der Waals surface area contributed by atoms with E-state index in [0.717, 1.165) is 5.69 Å². The standard InChI is InChI=1S/C18H29N3/c19-18-17(15-11-5-2-1-3-6-12-15)21-16(13-20-18)14-9-7-4-8-10-14/h13-15H,1-12H2,(H2,19,20). The number of rotatable bonds is 2. The lowest BCUT2D eigenvalue weighted by molar-refractivity contribution is 0.426. The number of anilines is 1. The minimum atomic E-state index is 0.543. The highest BCUT2D eigenvalue weighted by molar-refractivity contribution is 5.37. The van der Waals surface area contributed by atoms with Crippen molar-refractivity contribution in [2.75, 3.05) is 5.73 Å². The molecule has 1 aromatic rings. The van der Waals surface area contributed by atoms with Crippen LogP contribution in [-0.4, -0.2) is 9.97 Å². The second kappa shape index (κ2) is 7.24. The van der Waals surface area contributed by atoms with Crippen LogP contribution in [0.5, 0.6) is 0 Å². The zero-order chi connectivity index (χ0) is 14.5. The zero-order valence-corrected chi connectivity index (χ0v) is 13.2. The van der Waals surface area contributed by atoms with E-state index in [9.17, 15) is 0 Å². The number of nitrogen functional groups attached to an aromatic ring is 1. The molecule has 3 rings (SSSR count). The maximum atomic E-state index is 6.17. The van der Waals surface area contributed by atoms with Crippen LogP contribution in [-0.2, 0) is 0 Å². The fraction of sp³-hybridized carbons (Fsp3) is 0.778. The predicted molar refractivity (Wildman–Crippen MR) is 87.3 cm³/mol. The molecule has 21 heavy (non-hydrogen) atoms. The topological polar surface area (TPSA) is 51.8 Å². The molecule has 2 aliphatic rings. The van der Waals surface area contributed by atoms with Gasteiger partial charge in [0.2, 0.25) is 0 Å². The Morgan fingerprint density at radius 3 is 1.95 bits per heavy atom. The monoisotopic (exact) mass is 287 g/mol. The number of nitrogens with two attached hydrogens (primary N) is 1. The molecular formula is C18H29N3. The summed E-state index contributed by atoms with van der Waals surface area (Å²) in [5, 5.41) is 0. The Bertz CT molecular complexity index is 444. The van der Waals surface area contributed by atoms with E-state index in [4.69, 9.17) is 10.7 Å². The van der Waals surface area contributed by atoms with Crippen molar-refractivity contribution in [2.45, 2.75) is 88.9 Å². The van der Waals surface area contributed by atoms with Gasteiger partial charge in [-0.05, 0) is 25.7 Å². The van der Waals surface area contributed by atoms with Gasteiger partial charge < -0.3 is 5.73 Å². The molecule has 3 nitrogen and oxygen atoms in total. The minimum absolute atomic E-state index is 0.543. The molecule has 2 aliphatic carbocycles. The van der Waals surface area contributed by atoms with Crippen LogP contribution < -0.4 is 5.73 Å². The van der Waals surface area contributed by atoms with Gasteiger partial charge >= 0.3 is 0 Å². The van der Waals surface area contributed by atoms with E-state index < -0.39 is 0 Å². The van der Waals surface area contributed by atoms with Crippen LogP contribution in [0, 0.1) is 0 Å². The van der Waals surface area contributed by atoms with Gasteiger partial charge in [-0.2, -0.15) is 0 Å². The Labute approximate surface area is 128 Å². The Morgan fingerprint density at radius 1 is 0.762 bits per heavy atom. The average Bonchev–Trinajstić information content (AvgIpc) is 2.49. The smallest absolute Gasteiger partial charge is 0.145 e. The molecule has 0 amide bonds. The number of aromatic nitrogens is 2. The summed E-state index contributed by atoms with van der Waals surface area (Å²) in [5.74, 6) is 1.85. The van der Waals surface area contributed by atoms with E-state index in [-0.39, 0.29) is 0 Å². The molecule has 3 heteroatoms. The van der Waals surface area contributed by atoms with Crippen LogP contribution in [0.2, 0.25) is 0 Å². The highest BCUT2D eigenvalue weighted by Gasteiger charge is 2.22. The first-order valence-corrected chi connectivity index (χ1v) is 8.97. The Hall–Kier alpha value is -1.12. The summed E-state index contributed by atoms with van der Waals surface area (Å²) < 4.78 is 0. The van der Waals surface area contributed by atoms with E-state index in [1.165, 1.54) is 82.7 Å². The fourth-order valence-electron chi connectivity index (χ4n) is 4.05. The van der Waals surface area contributed by atoms with E-state index in [0.29, 0.717) is 17.7 Å². The van der Waals surface area contributed by atoms with Crippen LogP contribution in [0.3, 0.4) is 0 Å². The van der Waals surface area contributed by atoms with Gasteiger partial charge in [0.25, 0.3) is 0 Å². The van der Waals surface area contributed by atoms with Crippen molar-refractivity contribution in [1.82, 2.24) is 9.97 Å². The van der Waals surface area contributed by atoms with Gasteiger partial charge in [-0.15, -0.1) is 0 Å². The Kier molecular flexibility index (Phi) is 5.10. The SMILES string of the molecule is Nc1ncc(C2CCCCC2)nc1C1CCCCCCC1. The first-order chi connectivity index (χ1) is 10.3. The predicted octanol–water partition coefficient (Wildman–Crippen LogP) is 4.93. The lowest BCUT2D eigenvalue weighted by atomic mass is 9.86. The van der Waals surface area contributed by atoms with Crippen molar-refractivity contribution < 1.29 is 0 Å². The molecule has 0 radical (unpaired) electrons. The molecule has 2 saturated carbocycles. The summed E-state index contributed by atoms with van der Waals surface area (Å²) in [7, 11) is 0. The maximum absolute atomic E-state index is 6.17. The fourth-order valence-corrected chi connectivity index (χ4v) is 4.05. The summed E-state index contributed by atoms with van der Waals surface area (Å²) in [6.07, 6.45) is 17.8. The second-order valence-electron chi connectivity index (χ2n) is 6.94. The van der Waals surface area contributed by atoms with Crippen molar-refractivity contribution in [3.63, 3.8) is 0 Å². The van der Waals surface area contributed by atoms with Gasteiger partial charge in [-0.1, -0.05) is 51.4 Å². The van der Waals surface area contributed by atoms with Gasteiger partial charge in [-0.25, -0.2) is 4.98 Å². The zero-order valence-electron chi connectivity index (χ0n) is 13.2. The van der Waals surface area contributed by atoms with Gasteiger partial charge in [0.05, 0.1) is 17.6 Å². The Morgan fingerprint density at radius 2 is 1.29 bits per heavy atom. The van der Waals surface area contributed by atoms with Crippen LogP contribution in [0.1, 0.15) is 100 Å². The first kappa shape index (κ1) is 14.8. The third-order valence-electron chi connectivity index (χ3n) is 5.36. The summed E-state index contributed by atoms with van der Waals surface area (Å²) in [6, 6.07) is 0. The van der Waals surface area contributed by atoms with E-state index in [1.807, 2.05) is 6.20 Å². The third-order valence-corrected chi connectivity index (χ3v) is 5.36. The molecule has 0 aromatic carbocycles. The molecule has 1 aromatic heterocycles. The van der Waals surface area contributed by atoms with Crippen molar-refractivity contribution in [3.8, 4) is 0 Å². The quantitative estimate of drug-likeness (QED) is 0.838. The lowest BCUT2D eigenvalue weighted by Crippen LogP contribution is -2.14. The molecule has 0 aliphatic heterocycles. The van der Waals surface area contributed by atoms with E-state index in [1.54, 1.807) is 0 Å². The largest absolute Gasteiger partial charge is 0.382 e. The van der Waals surface area contributed by atoms with Gasteiger partial charge in [0.1, 0.15) is 5.82 Å². The van der Waals surface area contributed by atoms with Gasteiger partial charge in [0.15, 0.2) is 0 Å². The van der Waals surface area contributed by atoms with Crippen LogP contribution in [0.15, 0.2) is 6.20 Å². The summed E-state index contributed by atoms with van der Waals surface area (Å²) in [4.78, 5) is 9.50. The van der Waals surface area contributed by atoms with Crippen molar-refractivity contribution in [3.05, 3.63) is 17.6 Å². The van der Waals surface area contributed by atoms with Crippen LogP contribution in [0.25, 0.3) is 0 Å². The van der Waals surface area contributed by atoms with Crippen LogP contribution in [0.4, 0.5) is 5.82 Å². The van der Waals surface area contributed by atoms with Crippen molar-refractivity contribution in [1.29, 1.82) is 0 Å².